The van der Waals surface area contributed by atoms with Crippen molar-refractivity contribution >= 4 is 0 Å². The summed E-state index contributed by atoms with van der Waals surface area (Å²) in [4.78, 5) is 0. The van der Waals surface area contributed by atoms with Crippen molar-refractivity contribution in [1.82, 2.24) is 0 Å². The predicted molar refractivity (Wildman–Crippen MR) is 55.3 cm³/mol. The SMILES string of the molecule is CCOc1ccoc1-c1ccccc1. The van der Waals surface area contributed by atoms with E-state index < -0.39 is 0 Å². The summed E-state index contributed by atoms with van der Waals surface area (Å²) >= 11 is 0. The molecular formula is C12H12O2. The summed E-state index contributed by atoms with van der Waals surface area (Å²) in [5, 5.41) is 0. The lowest BCUT2D eigenvalue weighted by Gasteiger charge is -2.02. The fraction of sp³-hybridized carbons (Fsp3) is 0.167. The third kappa shape index (κ3) is 1.64. The van der Waals surface area contributed by atoms with Crippen LogP contribution in [-0.4, -0.2) is 6.61 Å². The van der Waals surface area contributed by atoms with Crippen LogP contribution >= 0.6 is 0 Å². The molecule has 2 rings (SSSR count). The lowest BCUT2D eigenvalue weighted by molar-refractivity contribution is 0.338. The minimum absolute atomic E-state index is 0.652. The molecule has 0 aliphatic heterocycles. The molecular weight excluding hydrogens is 176 g/mol. The van der Waals surface area contributed by atoms with Gasteiger partial charge in [0.1, 0.15) is 0 Å². The molecule has 72 valence electrons. The first-order valence-corrected chi connectivity index (χ1v) is 4.67. The molecule has 0 atom stereocenters. The Morgan fingerprint density at radius 2 is 1.93 bits per heavy atom. The van der Waals surface area contributed by atoms with Crippen molar-refractivity contribution < 1.29 is 9.15 Å². The zero-order valence-electron chi connectivity index (χ0n) is 8.07. The van der Waals surface area contributed by atoms with E-state index in [0.29, 0.717) is 6.61 Å². The standard InChI is InChI=1S/C12H12O2/c1-2-13-11-8-9-14-12(11)10-6-4-3-5-7-10/h3-9H,2H2,1H3. The Morgan fingerprint density at radius 3 is 2.64 bits per heavy atom. The van der Waals surface area contributed by atoms with Crippen LogP contribution in [0.1, 0.15) is 6.92 Å². The fourth-order valence-corrected chi connectivity index (χ4v) is 1.37. The minimum atomic E-state index is 0.652. The van der Waals surface area contributed by atoms with Crippen molar-refractivity contribution in [3.05, 3.63) is 42.7 Å². The number of ether oxygens (including phenoxy) is 1. The highest BCUT2D eigenvalue weighted by Crippen LogP contribution is 2.30. The Morgan fingerprint density at radius 1 is 1.14 bits per heavy atom. The topological polar surface area (TPSA) is 22.4 Å². The predicted octanol–water partition coefficient (Wildman–Crippen LogP) is 3.35. The van der Waals surface area contributed by atoms with Crippen molar-refractivity contribution in [1.29, 1.82) is 0 Å². The van der Waals surface area contributed by atoms with Crippen molar-refractivity contribution in [2.75, 3.05) is 6.61 Å². The van der Waals surface area contributed by atoms with E-state index in [-0.39, 0.29) is 0 Å². The second-order valence-corrected chi connectivity index (χ2v) is 2.91. The molecule has 2 aromatic rings. The minimum Gasteiger partial charge on any atom is -0.490 e. The van der Waals surface area contributed by atoms with Crippen molar-refractivity contribution in [3.63, 3.8) is 0 Å². The molecule has 0 N–H and O–H groups in total. The van der Waals surface area contributed by atoms with Crippen LogP contribution in [0.4, 0.5) is 0 Å². The van der Waals surface area contributed by atoms with Crippen LogP contribution in [0.5, 0.6) is 5.75 Å². The molecule has 0 aliphatic rings. The van der Waals surface area contributed by atoms with Crippen LogP contribution in [0.3, 0.4) is 0 Å². The van der Waals surface area contributed by atoms with Gasteiger partial charge < -0.3 is 9.15 Å². The molecule has 0 spiro atoms. The molecule has 2 nitrogen and oxygen atoms in total. The number of furan rings is 1. The van der Waals surface area contributed by atoms with Crippen molar-refractivity contribution in [3.8, 4) is 17.1 Å². The summed E-state index contributed by atoms with van der Waals surface area (Å²) in [6.07, 6.45) is 1.65. The summed E-state index contributed by atoms with van der Waals surface area (Å²) in [5.41, 5.74) is 1.04. The largest absolute Gasteiger partial charge is 0.490 e. The van der Waals surface area contributed by atoms with E-state index in [1.807, 2.05) is 43.3 Å². The third-order valence-electron chi connectivity index (χ3n) is 1.96. The number of benzene rings is 1. The van der Waals surface area contributed by atoms with Crippen LogP contribution in [0, 0.1) is 0 Å². The molecule has 0 saturated heterocycles. The van der Waals surface area contributed by atoms with Gasteiger partial charge in [-0.3, -0.25) is 0 Å². The first kappa shape index (κ1) is 8.88. The fourth-order valence-electron chi connectivity index (χ4n) is 1.37. The Bertz CT molecular complexity index is 390. The van der Waals surface area contributed by atoms with Gasteiger partial charge in [-0.25, -0.2) is 0 Å². The van der Waals surface area contributed by atoms with Crippen LogP contribution in [0.25, 0.3) is 11.3 Å². The van der Waals surface area contributed by atoms with Crippen molar-refractivity contribution in [2.45, 2.75) is 6.92 Å². The average molecular weight is 188 g/mol. The second kappa shape index (κ2) is 4.01. The van der Waals surface area contributed by atoms with Gasteiger partial charge in [0.25, 0.3) is 0 Å². The third-order valence-corrected chi connectivity index (χ3v) is 1.96. The lowest BCUT2D eigenvalue weighted by atomic mass is 10.2. The van der Waals surface area contributed by atoms with E-state index in [0.717, 1.165) is 17.1 Å². The van der Waals surface area contributed by atoms with Crippen LogP contribution in [-0.2, 0) is 0 Å². The van der Waals surface area contributed by atoms with E-state index in [1.54, 1.807) is 6.26 Å². The molecule has 0 unspecified atom stereocenters. The Kier molecular flexibility index (Phi) is 2.54. The molecule has 1 heterocycles. The summed E-state index contributed by atoms with van der Waals surface area (Å²) in [6.45, 7) is 2.61. The maximum Gasteiger partial charge on any atom is 0.175 e. The van der Waals surface area contributed by atoms with Gasteiger partial charge in [0.2, 0.25) is 0 Å². The highest BCUT2D eigenvalue weighted by atomic mass is 16.5. The molecule has 0 saturated carbocycles. The van der Waals surface area contributed by atoms with Gasteiger partial charge in [0.05, 0.1) is 12.9 Å². The second-order valence-electron chi connectivity index (χ2n) is 2.91. The van der Waals surface area contributed by atoms with E-state index in [4.69, 9.17) is 9.15 Å². The van der Waals surface area contributed by atoms with Gasteiger partial charge >= 0.3 is 0 Å². The van der Waals surface area contributed by atoms with Gasteiger partial charge in [-0.2, -0.15) is 0 Å². The first-order valence-electron chi connectivity index (χ1n) is 4.67. The zero-order valence-corrected chi connectivity index (χ0v) is 8.07. The maximum atomic E-state index is 5.44. The number of hydrogen-bond donors (Lipinski definition) is 0. The highest BCUT2D eigenvalue weighted by molar-refractivity contribution is 5.64. The normalized spacial score (nSPS) is 10.1. The molecule has 14 heavy (non-hydrogen) atoms. The molecule has 0 amide bonds. The summed E-state index contributed by atoms with van der Waals surface area (Å²) in [7, 11) is 0. The quantitative estimate of drug-likeness (QED) is 0.737. The van der Waals surface area contributed by atoms with Gasteiger partial charge in [-0.05, 0) is 6.92 Å². The van der Waals surface area contributed by atoms with Crippen LogP contribution < -0.4 is 4.74 Å². The van der Waals surface area contributed by atoms with E-state index in [1.165, 1.54) is 0 Å². The molecule has 0 bridgehead atoms. The number of hydrogen-bond acceptors (Lipinski definition) is 2. The van der Waals surface area contributed by atoms with Crippen LogP contribution in [0.15, 0.2) is 47.1 Å². The first-order chi connectivity index (χ1) is 6.92. The smallest absolute Gasteiger partial charge is 0.175 e. The Hall–Kier alpha value is -1.70. The van der Waals surface area contributed by atoms with Gasteiger partial charge in [0.15, 0.2) is 11.5 Å². The summed E-state index contributed by atoms with van der Waals surface area (Å²) < 4.78 is 10.8. The number of rotatable bonds is 3. The van der Waals surface area contributed by atoms with Crippen LogP contribution in [0.2, 0.25) is 0 Å². The Labute approximate surface area is 83.1 Å². The summed E-state index contributed by atoms with van der Waals surface area (Å²) in [6, 6.07) is 11.8. The highest BCUT2D eigenvalue weighted by Gasteiger charge is 2.08. The molecule has 0 radical (unpaired) electrons. The average Bonchev–Trinajstić information content (AvgIpc) is 2.68. The maximum absolute atomic E-state index is 5.44. The van der Waals surface area contributed by atoms with Crippen molar-refractivity contribution in [2.24, 2.45) is 0 Å². The van der Waals surface area contributed by atoms with Gasteiger partial charge in [-0.1, -0.05) is 30.3 Å². The summed E-state index contributed by atoms with van der Waals surface area (Å²) in [5.74, 6) is 1.60. The zero-order chi connectivity index (χ0) is 9.80. The molecule has 2 heteroatoms. The van der Waals surface area contributed by atoms with Gasteiger partial charge in [-0.15, -0.1) is 0 Å². The van der Waals surface area contributed by atoms with Gasteiger partial charge in [0, 0.05) is 11.6 Å². The molecule has 1 aromatic carbocycles. The lowest BCUT2D eigenvalue weighted by Crippen LogP contribution is -1.90. The molecule has 0 fully saturated rings. The van der Waals surface area contributed by atoms with E-state index in [9.17, 15) is 0 Å². The monoisotopic (exact) mass is 188 g/mol. The molecule has 0 aliphatic carbocycles. The van der Waals surface area contributed by atoms with E-state index in [2.05, 4.69) is 0 Å². The Balaban J connectivity index is 2.37. The van der Waals surface area contributed by atoms with E-state index >= 15 is 0 Å². The molecule has 1 aromatic heterocycles.